The van der Waals surface area contributed by atoms with Gasteiger partial charge in [0.2, 0.25) is 0 Å². The average Bonchev–Trinajstić information content (AvgIpc) is 2.52. The first kappa shape index (κ1) is 15.6. The Morgan fingerprint density at radius 2 is 1.62 bits per heavy atom. The number of halogens is 1. The molecule has 0 atom stereocenters. The highest BCUT2D eigenvalue weighted by Crippen LogP contribution is 2.19. The van der Waals surface area contributed by atoms with Crippen molar-refractivity contribution in [1.82, 2.24) is 10.6 Å². The van der Waals surface area contributed by atoms with Gasteiger partial charge in [-0.2, -0.15) is 0 Å². The van der Waals surface area contributed by atoms with Gasteiger partial charge in [-0.15, -0.1) is 0 Å². The topological polar surface area (TPSA) is 75.3 Å². The van der Waals surface area contributed by atoms with Crippen molar-refractivity contribution in [3.8, 4) is 0 Å². The van der Waals surface area contributed by atoms with E-state index in [1.54, 1.807) is 24.3 Å². The van der Waals surface area contributed by atoms with Gasteiger partial charge in [0.05, 0.1) is 0 Å². The molecule has 0 unspecified atom stereocenters. The van der Waals surface area contributed by atoms with E-state index in [0.717, 1.165) is 11.1 Å². The first-order valence-electron chi connectivity index (χ1n) is 7.23. The Hall–Kier alpha value is -3.28. The Labute approximate surface area is 137 Å². The zero-order valence-corrected chi connectivity index (χ0v) is 12.5. The number of hydrogen-bond donors (Lipinski definition) is 2. The molecule has 3 rings (SSSR count). The molecule has 0 aromatic heterocycles. The van der Waals surface area contributed by atoms with Gasteiger partial charge in [-0.05, 0) is 41.3 Å². The van der Waals surface area contributed by atoms with Gasteiger partial charge in [-0.3, -0.25) is 20.2 Å². The van der Waals surface area contributed by atoms with Crippen LogP contribution >= 0.6 is 0 Å². The summed E-state index contributed by atoms with van der Waals surface area (Å²) in [4.78, 5) is 34.7. The second kappa shape index (κ2) is 6.45. The van der Waals surface area contributed by atoms with E-state index in [1.807, 2.05) is 22.8 Å². The maximum absolute atomic E-state index is 13.3. The highest BCUT2D eigenvalue weighted by atomic mass is 19.1. The predicted octanol–water partition coefficient (Wildman–Crippen LogP) is 2.17. The molecule has 120 valence electrons. The van der Waals surface area contributed by atoms with Gasteiger partial charge in [-0.25, -0.2) is 9.18 Å². The Morgan fingerprint density at radius 1 is 0.917 bits per heavy atom. The first-order valence-corrected chi connectivity index (χ1v) is 7.23. The quantitative estimate of drug-likeness (QED) is 0.671. The van der Waals surface area contributed by atoms with Gasteiger partial charge in [0.25, 0.3) is 11.8 Å². The Morgan fingerprint density at radius 3 is 2.33 bits per heavy atom. The van der Waals surface area contributed by atoms with Crippen molar-refractivity contribution in [2.75, 3.05) is 0 Å². The first-order chi connectivity index (χ1) is 11.5. The van der Waals surface area contributed by atoms with Crippen molar-refractivity contribution in [2.24, 2.45) is 0 Å². The zero-order valence-electron chi connectivity index (χ0n) is 12.5. The minimum absolute atomic E-state index is 0.152. The van der Waals surface area contributed by atoms with Crippen LogP contribution in [0.5, 0.6) is 0 Å². The summed E-state index contributed by atoms with van der Waals surface area (Å²) in [6.45, 7) is 0. The zero-order chi connectivity index (χ0) is 17.1. The van der Waals surface area contributed by atoms with Crippen LogP contribution in [0.4, 0.5) is 9.18 Å². The van der Waals surface area contributed by atoms with Gasteiger partial charge in [0, 0.05) is 0 Å². The normalized spacial score (nSPS) is 14.2. The molecule has 0 spiro atoms. The summed E-state index contributed by atoms with van der Waals surface area (Å²) >= 11 is 0. The molecule has 0 radical (unpaired) electrons. The van der Waals surface area contributed by atoms with Crippen LogP contribution < -0.4 is 10.6 Å². The summed E-state index contributed by atoms with van der Waals surface area (Å²) in [6, 6.07) is 12.6. The fourth-order valence-electron chi connectivity index (χ4n) is 2.46. The molecule has 0 saturated carbocycles. The van der Waals surface area contributed by atoms with E-state index < -0.39 is 17.8 Å². The van der Waals surface area contributed by atoms with Crippen LogP contribution in [0, 0.1) is 5.82 Å². The van der Waals surface area contributed by atoms with Crippen molar-refractivity contribution < 1.29 is 18.8 Å². The second-order valence-electron chi connectivity index (χ2n) is 5.30. The van der Waals surface area contributed by atoms with Crippen LogP contribution in [-0.4, -0.2) is 17.8 Å². The van der Waals surface area contributed by atoms with E-state index in [1.165, 1.54) is 18.2 Å². The highest BCUT2D eigenvalue weighted by molar-refractivity contribution is 6.31. The Balaban J connectivity index is 1.95. The van der Waals surface area contributed by atoms with E-state index in [2.05, 4.69) is 0 Å². The number of nitrogens with one attached hydrogen (secondary N) is 2. The molecular weight excluding hydrogens is 311 g/mol. The van der Waals surface area contributed by atoms with Gasteiger partial charge in [-0.1, -0.05) is 36.4 Å². The van der Waals surface area contributed by atoms with Crippen molar-refractivity contribution in [3.05, 3.63) is 76.6 Å². The smallest absolute Gasteiger partial charge is 0.273 e. The van der Waals surface area contributed by atoms with Crippen LogP contribution in [0.25, 0.3) is 6.08 Å². The van der Waals surface area contributed by atoms with Crippen molar-refractivity contribution in [2.45, 2.75) is 6.42 Å². The minimum atomic E-state index is -0.838. The molecule has 5 nitrogen and oxygen atoms in total. The molecular formula is C18H13FN2O3. The number of amides is 4. The van der Waals surface area contributed by atoms with Crippen LogP contribution in [-0.2, 0) is 16.0 Å². The lowest BCUT2D eigenvalue weighted by Crippen LogP contribution is -2.51. The van der Waals surface area contributed by atoms with E-state index >= 15 is 0 Å². The van der Waals surface area contributed by atoms with Gasteiger partial charge >= 0.3 is 6.03 Å². The van der Waals surface area contributed by atoms with Gasteiger partial charge in [0.15, 0.2) is 0 Å². The summed E-state index contributed by atoms with van der Waals surface area (Å²) in [5, 5.41) is 4.06. The number of benzene rings is 2. The summed E-state index contributed by atoms with van der Waals surface area (Å²) in [6.07, 6.45) is 1.87. The summed E-state index contributed by atoms with van der Waals surface area (Å²) < 4.78 is 13.3. The lowest BCUT2D eigenvalue weighted by atomic mass is 9.97. The maximum atomic E-state index is 13.3. The third-order valence-corrected chi connectivity index (χ3v) is 3.58. The monoisotopic (exact) mass is 324 g/mol. The number of carbonyl (C=O) groups excluding carboxylic acids is 3. The number of rotatable bonds is 3. The molecule has 24 heavy (non-hydrogen) atoms. The lowest BCUT2D eigenvalue weighted by molar-refractivity contribution is -0.123. The summed E-state index contributed by atoms with van der Waals surface area (Å²) in [7, 11) is 0. The van der Waals surface area contributed by atoms with Crippen molar-refractivity contribution >= 4 is 23.9 Å². The molecule has 0 bridgehead atoms. The predicted molar refractivity (Wildman–Crippen MR) is 85.3 cm³/mol. The number of carbonyl (C=O) groups is 3. The molecule has 0 aliphatic carbocycles. The van der Waals surface area contributed by atoms with E-state index in [0.29, 0.717) is 12.0 Å². The molecule has 6 heteroatoms. The van der Waals surface area contributed by atoms with E-state index in [9.17, 15) is 18.8 Å². The van der Waals surface area contributed by atoms with Gasteiger partial charge < -0.3 is 0 Å². The van der Waals surface area contributed by atoms with E-state index in [-0.39, 0.29) is 11.4 Å². The van der Waals surface area contributed by atoms with Crippen LogP contribution in [0.15, 0.2) is 54.1 Å². The second-order valence-corrected chi connectivity index (χ2v) is 5.30. The standard InChI is InChI=1S/C18H13FN2O3/c19-14-7-3-4-11(9-14)8-12-5-1-2-6-13(12)10-15-16(22)20-18(24)21-17(15)23/h1-7,9-10H,8H2,(H2,20,21,22,23,24). The molecule has 1 aliphatic rings. The molecule has 1 fully saturated rings. The molecule has 1 saturated heterocycles. The molecule has 2 N–H and O–H groups in total. The molecule has 1 heterocycles. The minimum Gasteiger partial charge on any atom is -0.273 e. The van der Waals surface area contributed by atoms with Crippen molar-refractivity contribution in [3.63, 3.8) is 0 Å². The number of urea groups is 1. The summed E-state index contributed by atoms with van der Waals surface area (Å²) in [5.74, 6) is -1.82. The fourth-order valence-corrected chi connectivity index (χ4v) is 2.46. The molecule has 2 aromatic carbocycles. The summed E-state index contributed by atoms with van der Waals surface area (Å²) in [5.41, 5.74) is 2.10. The lowest BCUT2D eigenvalue weighted by Gasteiger charge is -2.14. The molecule has 2 aromatic rings. The van der Waals surface area contributed by atoms with Gasteiger partial charge in [0.1, 0.15) is 11.4 Å². The highest BCUT2D eigenvalue weighted by Gasteiger charge is 2.27. The number of hydrogen-bond acceptors (Lipinski definition) is 3. The largest absolute Gasteiger partial charge is 0.328 e. The SMILES string of the molecule is O=C1NC(=O)C(=Cc2ccccc2Cc2cccc(F)c2)C(=O)N1. The van der Waals surface area contributed by atoms with Crippen LogP contribution in [0.1, 0.15) is 16.7 Å². The third-order valence-electron chi connectivity index (χ3n) is 3.58. The molecule has 1 aliphatic heterocycles. The van der Waals surface area contributed by atoms with Crippen LogP contribution in [0.3, 0.4) is 0 Å². The Kier molecular flexibility index (Phi) is 4.20. The Bertz CT molecular complexity index is 852. The number of imide groups is 2. The fraction of sp³-hybridized carbons (Fsp3) is 0.0556. The third kappa shape index (κ3) is 3.38. The van der Waals surface area contributed by atoms with Crippen LogP contribution in [0.2, 0.25) is 0 Å². The van der Waals surface area contributed by atoms with E-state index in [4.69, 9.17) is 0 Å². The maximum Gasteiger partial charge on any atom is 0.328 e. The molecule has 4 amide bonds. The average molecular weight is 324 g/mol. The number of barbiturate groups is 1. The van der Waals surface area contributed by atoms with Crippen molar-refractivity contribution in [1.29, 1.82) is 0 Å².